The number of likely N-dealkylation sites (N-methyl/N-ethyl adjacent to an activating group) is 1. The van der Waals surface area contributed by atoms with E-state index < -0.39 is 10.1 Å². The van der Waals surface area contributed by atoms with Crippen LogP contribution < -0.4 is 0 Å². The van der Waals surface area contributed by atoms with Crippen molar-refractivity contribution in [1.82, 2.24) is 0 Å². The number of quaternary nitrogens is 1. The molecule has 2 aromatic carbocycles. The number of morpholine rings is 1. The molecule has 6 nitrogen and oxygen atoms in total. The minimum atomic E-state index is -3.92. The zero-order valence-electron chi connectivity index (χ0n) is 18.5. The molecule has 0 saturated carbocycles. The minimum absolute atomic E-state index is 0.0442. The lowest BCUT2D eigenvalue weighted by Gasteiger charge is -2.46. The molecule has 0 N–H and O–H groups in total. The van der Waals surface area contributed by atoms with Crippen LogP contribution in [0.15, 0.2) is 53.4 Å². The van der Waals surface area contributed by atoms with E-state index in [0.717, 1.165) is 23.1 Å². The van der Waals surface area contributed by atoms with E-state index in [1.807, 2.05) is 11.8 Å². The first-order chi connectivity index (χ1) is 15.1. The third-order valence-corrected chi connectivity index (χ3v) is 8.43. The van der Waals surface area contributed by atoms with E-state index in [1.54, 1.807) is 0 Å². The van der Waals surface area contributed by atoms with Crippen LogP contribution in [0.4, 0.5) is 0 Å². The Morgan fingerprint density at radius 2 is 1.56 bits per heavy atom. The quantitative estimate of drug-likeness (QED) is 0.377. The third kappa shape index (κ3) is 4.24. The van der Waals surface area contributed by atoms with Crippen molar-refractivity contribution in [1.29, 1.82) is 0 Å². The highest BCUT2D eigenvalue weighted by atomic mass is 32.2. The van der Waals surface area contributed by atoms with E-state index in [0.29, 0.717) is 36.7 Å². The van der Waals surface area contributed by atoms with Gasteiger partial charge in [0.1, 0.15) is 30.4 Å². The molecule has 172 valence electrons. The predicted molar refractivity (Wildman–Crippen MR) is 122 cm³/mol. The first-order valence-electron chi connectivity index (χ1n) is 11.0. The van der Waals surface area contributed by atoms with Gasteiger partial charge in [0.05, 0.1) is 30.3 Å². The standard InChI is InChI=1S/C23H26NO2S.CH4O3S/c1-24(2)18-11-15(12-19(24)23-22(18)26-23)25-21-16-8-4-3-7-14(16)13-27-20-10-6-5-9-17(20)21;1-5(2,3)4/h3-10,15,18-19,21-23H,11-13H2,1-2H3;1H3,(H,2,3,4)/q+1;/p-1/t15?,18-,19+,21?,22-,23+;. The first-order valence-corrected chi connectivity index (χ1v) is 13.8. The summed E-state index contributed by atoms with van der Waals surface area (Å²) < 4.78 is 41.2. The van der Waals surface area contributed by atoms with Crippen molar-refractivity contribution in [2.75, 3.05) is 20.4 Å². The molecule has 0 aromatic heterocycles. The van der Waals surface area contributed by atoms with Crippen molar-refractivity contribution >= 4 is 21.9 Å². The van der Waals surface area contributed by atoms with Crippen LogP contribution in [0.3, 0.4) is 0 Å². The van der Waals surface area contributed by atoms with Gasteiger partial charge in [-0.2, -0.15) is 0 Å². The number of hydrogen-bond donors (Lipinski definition) is 0. The number of nitrogens with zero attached hydrogens (tertiary/aromatic N) is 1. The van der Waals surface area contributed by atoms with Gasteiger partial charge in [-0.05, 0) is 22.8 Å². The molecule has 6 rings (SSSR count). The number of fused-ring (bicyclic) bond motifs is 7. The summed E-state index contributed by atoms with van der Waals surface area (Å²) in [6.07, 6.45) is 4.13. The molecule has 2 unspecified atom stereocenters. The Bertz CT molecular complexity index is 1040. The summed E-state index contributed by atoms with van der Waals surface area (Å²) in [6, 6.07) is 18.8. The number of epoxide rings is 1. The second-order valence-corrected chi connectivity index (χ2v) is 12.1. The molecule has 0 aliphatic carbocycles. The Kier molecular flexibility index (Phi) is 5.67. The number of thioether (sulfide) groups is 1. The molecule has 3 fully saturated rings. The average Bonchev–Trinajstić information content (AvgIpc) is 3.49. The second-order valence-electron chi connectivity index (χ2n) is 9.67. The Morgan fingerprint density at radius 1 is 1.00 bits per heavy atom. The van der Waals surface area contributed by atoms with Crippen LogP contribution in [0.1, 0.15) is 35.6 Å². The monoisotopic (exact) mass is 475 g/mol. The van der Waals surface area contributed by atoms with Gasteiger partial charge in [-0.1, -0.05) is 42.5 Å². The van der Waals surface area contributed by atoms with Gasteiger partial charge in [0.25, 0.3) is 0 Å². The van der Waals surface area contributed by atoms with Gasteiger partial charge in [0, 0.05) is 29.7 Å². The Morgan fingerprint density at radius 3 is 2.22 bits per heavy atom. The largest absolute Gasteiger partial charge is 0.748 e. The fourth-order valence-electron chi connectivity index (χ4n) is 5.73. The highest BCUT2D eigenvalue weighted by Gasteiger charge is 2.70. The van der Waals surface area contributed by atoms with E-state index in [1.165, 1.54) is 21.6 Å². The van der Waals surface area contributed by atoms with Crippen LogP contribution in [-0.2, 0) is 25.3 Å². The summed E-state index contributed by atoms with van der Waals surface area (Å²) >= 11 is 1.94. The Hall–Kier alpha value is -1.42. The highest BCUT2D eigenvalue weighted by molar-refractivity contribution is 7.98. The fourth-order valence-corrected chi connectivity index (χ4v) is 6.82. The van der Waals surface area contributed by atoms with Gasteiger partial charge in [-0.15, -0.1) is 11.8 Å². The number of hydrogen-bond acceptors (Lipinski definition) is 6. The maximum absolute atomic E-state index is 9.08. The lowest BCUT2D eigenvalue weighted by molar-refractivity contribution is -0.938. The van der Waals surface area contributed by atoms with E-state index in [4.69, 9.17) is 22.4 Å². The van der Waals surface area contributed by atoms with E-state index in [-0.39, 0.29) is 6.10 Å². The van der Waals surface area contributed by atoms with E-state index >= 15 is 0 Å². The summed E-state index contributed by atoms with van der Waals surface area (Å²) in [5.41, 5.74) is 4.09. The molecule has 0 spiro atoms. The highest BCUT2D eigenvalue weighted by Crippen LogP contribution is 2.53. The van der Waals surface area contributed by atoms with Gasteiger partial charge < -0.3 is 18.5 Å². The van der Waals surface area contributed by atoms with Crippen molar-refractivity contribution in [3.05, 3.63) is 65.2 Å². The molecule has 8 heteroatoms. The fraction of sp³-hybridized carbons (Fsp3) is 0.500. The third-order valence-electron chi connectivity index (χ3n) is 7.29. The zero-order valence-corrected chi connectivity index (χ0v) is 20.1. The van der Waals surface area contributed by atoms with Crippen molar-refractivity contribution in [3.63, 3.8) is 0 Å². The van der Waals surface area contributed by atoms with E-state index in [9.17, 15) is 0 Å². The summed E-state index contributed by atoms with van der Waals surface area (Å²) in [6.45, 7) is 0. The molecule has 6 atom stereocenters. The molecule has 4 heterocycles. The Balaban J connectivity index is 0.000000393. The van der Waals surface area contributed by atoms with Gasteiger partial charge >= 0.3 is 0 Å². The molecule has 0 amide bonds. The topological polar surface area (TPSA) is 79.0 Å². The van der Waals surface area contributed by atoms with E-state index in [2.05, 4.69) is 62.6 Å². The first kappa shape index (κ1) is 22.4. The van der Waals surface area contributed by atoms with Crippen molar-refractivity contribution in [2.24, 2.45) is 0 Å². The normalized spacial score (nSPS) is 33.6. The molecule has 32 heavy (non-hydrogen) atoms. The van der Waals surface area contributed by atoms with Crippen LogP contribution in [-0.4, -0.2) is 68.2 Å². The maximum Gasteiger partial charge on any atom is 0.142 e. The SMILES string of the molecule is CS(=O)(=O)[O-].C[N+]1(C)[C@@H]2CC(OC3c4ccccc4CSc4ccccc43)C[C@H]1[C@@H]1O[C@@H]12. The molecule has 4 aliphatic heterocycles. The lowest BCUT2D eigenvalue weighted by atomic mass is 9.94. The van der Waals surface area contributed by atoms with Crippen LogP contribution in [0, 0.1) is 0 Å². The van der Waals surface area contributed by atoms with Crippen LogP contribution in [0.5, 0.6) is 0 Å². The second kappa shape index (κ2) is 8.11. The number of ether oxygens (including phenoxy) is 2. The van der Waals surface area contributed by atoms with Crippen molar-refractivity contribution < 1.29 is 26.9 Å². The van der Waals surface area contributed by atoms with Gasteiger partial charge in [0.15, 0.2) is 0 Å². The van der Waals surface area contributed by atoms with Crippen LogP contribution >= 0.6 is 11.8 Å². The smallest absolute Gasteiger partial charge is 0.142 e. The van der Waals surface area contributed by atoms with Gasteiger partial charge in [-0.25, -0.2) is 8.42 Å². The minimum Gasteiger partial charge on any atom is -0.748 e. The molecule has 2 aromatic rings. The molecule has 3 saturated heterocycles. The van der Waals surface area contributed by atoms with Gasteiger partial charge in [0.2, 0.25) is 0 Å². The lowest BCUT2D eigenvalue weighted by Crippen LogP contribution is -2.59. The predicted octanol–water partition coefficient (Wildman–Crippen LogP) is 3.32. The molecule has 2 bridgehead atoms. The summed E-state index contributed by atoms with van der Waals surface area (Å²) in [5.74, 6) is 1.02. The summed E-state index contributed by atoms with van der Waals surface area (Å²) in [4.78, 5) is 1.36. The van der Waals surface area contributed by atoms with Crippen molar-refractivity contribution in [3.8, 4) is 0 Å². The molecular weight excluding hydrogens is 446 g/mol. The summed E-state index contributed by atoms with van der Waals surface area (Å²) in [7, 11) is 0.849. The number of piperidine rings is 1. The van der Waals surface area contributed by atoms with Gasteiger partial charge in [-0.3, -0.25) is 0 Å². The maximum atomic E-state index is 9.08. The molecule has 0 radical (unpaired) electrons. The van der Waals surface area contributed by atoms with Crippen LogP contribution in [0.25, 0.3) is 0 Å². The number of rotatable bonds is 2. The molecular formula is C24H29NO5S2. The Labute approximate surface area is 194 Å². The number of benzene rings is 2. The molecule has 4 aliphatic rings. The average molecular weight is 476 g/mol. The van der Waals surface area contributed by atoms with Crippen LogP contribution in [0.2, 0.25) is 0 Å². The van der Waals surface area contributed by atoms with Crippen molar-refractivity contribution in [2.45, 2.75) is 60.0 Å². The zero-order chi connectivity index (χ0) is 22.7. The summed E-state index contributed by atoms with van der Waals surface area (Å²) in [5, 5.41) is 0.